The largest absolute Gasteiger partial charge is 0.339 e. The molecule has 0 saturated carbocycles. The first kappa shape index (κ1) is 18.7. The normalized spacial score (nSPS) is 15.0. The average Bonchev–Trinajstić information content (AvgIpc) is 2.65. The number of anilines is 1. The number of nitrogens with one attached hydrogen (secondary N) is 1. The van der Waals surface area contributed by atoms with Gasteiger partial charge in [0.2, 0.25) is 0 Å². The van der Waals surface area contributed by atoms with Crippen LogP contribution in [0.3, 0.4) is 0 Å². The molecule has 1 aliphatic rings. The molecule has 1 N–H and O–H groups in total. The van der Waals surface area contributed by atoms with E-state index in [9.17, 15) is 9.59 Å². The number of carbonyl (C=O) groups is 2. The van der Waals surface area contributed by atoms with E-state index in [0.29, 0.717) is 32.8 Å². The van der Waals surface area contributed by atoms with Gasteiger partial charge in [-0.1, -0.05) is 36.2 Å². The number of nitrogens with zero attached hydrogens (tertiary/aromatic N) is 1. The third-order valence-corrected chi connectivity index (χ3v) is 5.48. The zero-order chi connectivity index (χ0) is 18.7. The minimum Gasteiger partial charge on any atom is -0.339 e. The van der Waals surface area contributed by atoms with E-state index < -0.39 is 0 Å². The van der Waals surface area contributed by atoms with Gasteiger partial charge in [0.15, 0.2) is 0 Å². The summed E-state index contributed by atoms with van der Waals surface area (Å²) in [7, 11) is 0. The van der Waals surface area contributed by atoms with E-state index in [1.165, 1.54) is 0 Å². The minimum atomic E-state index is -0.306. The van der Waals surface area contributed by atoms with Crippen LogP contribution in [0.5, 0.6) is 0 Å². The van der Waals surface area contributed by atoms with Gasteiger partial charge in [0.1, 0.15) is 0 Å². The Hall–Kier alpha value is -2.04. The van der Waals surface area contributed by atoms with Gasteiger partial charge in [-0.2, -0.15) is 0 Å². The number of carbonyl (C=O) groups excluding carboxylic acids is 2. The summed E-state index contributed by atoms with van der Waals surface area (Å²) in [5, 5.41) is 3.41. The number of hydrogen-bond donors (Lipinski definition) is 1. The molecule has 0 radical (unpaired) electrons. The van der Waals surface area contributed by atoms with Crippen LogP contribution in [0.4, 0.5) is 5.69 Å². The predicted molar refractivity (Wildman–Crippen MR) is 105 cm³/mol. The van der Waals surface area contributed by atoms with Crippen LogP contribution in [0.1, 0.15) is 40.5 Å². The molecule has 1 saturated heterocycles. The summed E-state index contributed by atoms with van der Waals surface area (Å²) in [6.07, 6.45) is 2.07. The van der Waals surface area contributed by atoms with Crippen LogP contribution in [0.2, 0.25) is 10.0 Å². The van der Waals surface area contributed by atoms with Crippen molar-refractivity contribution in [3.05, 3.63) is 63.6 Å². The first-order valence-corrected chi connectivity index (χ1v) is 9.36. The van der Waals surface area contributed by atoms with Crippen molar-refractivity contribution in [3.8, 4) is 0 Å². The van der Waals surface area contributed by atoms with E-state index in [1.54, 1.807) is 42.5 Å². The van der Waals surface area contributed by atoms with Gasteiger partial charge in [-0.25, -0.2) is 0 Å². The third-order valence-electron chi connectivity index (χ3n) is 4.66. The smallest absolute Gasteiger partial charge is 0.255 e. The number of likely N-dealkylation sites (tertiary alicyclic amines) is 1. The van der Waals surface area contributed by atoms with E-state index in [1.807, 2.05) is 4.90 Å². The number of rotatable bonds is 3. The minimum absolute atomic E-state index is 0.0155. The fourth-order valence-corrected chi connectivity index (χ4v) is 3.30. The maximum atomic E-state index is 12.6. The highest BCUT2D eigenvalue weighted by molar-refractivity contribution is 6.44. The van der Waals surface area contributed by atoms with Crippen molar-refractivity contribution in [2.45, 2.75) is 19.8 Å². The molecule has 0 bridgehead atoms. The second kappa shape index (κ2) is 8.11. The lowest BCUT2D eigenvalue weighted by Gasteiger charge is -2.30. The number of hydrogen-bond acceptors (Lipinski definition) is 2. The Bertz CT molecular complexity index is 813. The van der Waals surface area contributed by atoms with Crippen LogP contribution >= 0.6 is 23.2 Å². The maximum Gasteiger partial charge on any atom is 0.255 e. The van der Waals surface area contributed by atoms with Gasteiger partial charge in [-0.3, -0.25) is 9.59 Å². The molecule has 0 aliphatic carbocycles. The van der Waals surface area contributed by atoms with Crippen molar-refractivity contribution in [1.29, 1.82) is 0 Å². The molecule has 0 aromatic heterocycles. The molecule has 2 amide bonds. The molecule has 4 nitrogen and oxygen atoms in total. The van der Waals surface area contributed by atoms with Crippen molar-refractivity contribution in [2.75, 3.05) is 18.4 Å². The second-order valence-corrected chi connectivity index (χ2v) is 7.39. The molecule has 2 aromatic rings. The predicted octanol–water partition coefficient (Wildman–Crippen LogP) is 5.12. The number of benzene rings is 2. The number of piperidine rings is 1. The van der Waals surface area contributed by atoms with Crippen LogP contribution in [0, 0.1) is 5.92 Å². The van der Waals surface area contributed by atoms with Gasteiger partial charge in [0, 0.05) is 24.2 Å². The second-order valence-electron chi connectivity index (χ2n) is 6.61. The summed E-state index contributed by atoms with van der Waals surface area (Å²) in [4.78, 5) is 26.8. The molecule has 26 heavy (non-hydrogen) atoms. The van der Waals surface area contributed by atoms with Crippen LogP contribution in [-0.2, 0) is 0 Å². The molecule has 3 rings (SSSR count). The Kier molecular flexibility index (Phi) is 5.84. The highest BCUT2D eigenvalue weighted by Crippen LogP contribution is 2.29. The van der Waals surface area contributed by atoms with Crippen LogP contribution in [0.25, 0.3) is 0 Å². The van der Waals surface area contributed by atoms with Gasteiger partial charge < -0.3 is 10.2 Å². The third kappa shape index (κ3) is 4.19. The molecular formula is C20H20Cl2N2O2. The Morgan fingerprint density at radius 2 is 1.62 bits per heavy atom. The topological polar surface area (TPSA) is 49.4 Å². The molecule has 2 aromatic carbocycles. The lowest BCUT2D eigenvalue weighted by Crippen LogP contribution is -2.37. The molecule has 1 fully saturated rings. The SMILES string of the molecule is CC1CCN(C(=O)c2ccc(C(=O)Nc3cccc(Cl)c3Cl)cc2)CC1. The van der Waals surface area contributed by atoms with E-state index in [-0.39, 0.29) is 11.8 Å². The van der Waals surface area contributed by atoms with E-state index >= 15 is 0 Å². The summed E-state index contributed by atoms with van der Waals surface area (Å²) < 4.78 is 0. The fourth-order valence-electron chi connectivity index (χ4n) is 2.95. The van der Waals surface area contributed by atoms with Crippen LogP contribution in [-0.4, -0.2) is 29.8 Å². The average molecular weight is 391 g/mol. The standard InChI is InChI=1S/C20H20Cl2N2O2/c1-13-9-11-24(12-10-13)20(26)15-7-5-14(6-8-15)19(25)23-17-4-2-3-16(21)18(17)22/h2-8,13H,9-12H2,1H3,(H,23,25). The number of amides is 2. The molecule has 136 valence electrons. The van der Waals surface area contributed by atoms with Gasteiger partial charge in [0.25, 0.3) is 11.8 Å². The van der Waals surface area contributed by atoms with Crippen molar-refractivity contribution in [2.24, 2.45) is 5.92 Å². The quantitative estimate of drug-likeness (QED) is 0.790. The molecule has 0 unspecified atom stereocenters. The maximum absolute atomic E-state index is 12.6. The lowest BCUT2D eigenvalue weighted by atomic mass is 9.98. The molecule has 6 heteroatoms. The summed E-state index contributed by atoms with van der Waals surface area (Å²) >= 11 is 12.0. The van der Waals surface area contributed by atoms with Crippen LogP contribution < -0.4 is 5.32 Å². The monoisotopic (exact) mass is 390 g/mol. The van der Waals surface area contributed by atoms with Gasteiger partial charge >= 0.3 is 0 Å². The van der Waals surface area contributed by atoms with Gasteiger partial charge in [-0.05, 0) is 55.2 Å². The summed E-state index contributed by atoms with van der Waals surface area (Å²) in [5.41, 5.74) is 1.49. The van der Waals surface area contributed by atoms with Crippen molar-refractivity contribution in [3.63, 3.8) is 0 Å². The van der Waals surface area contributed by atoms with Gasteiger partial charge in [0.05, 0.1) is 15.7 Å². The zero-order valence-electron chi connectivity index (χ0n) is 14.5. The summed E-state index contributed by atoms with van der Waals surface area (Å²) in [6.45, 7) is 3.78. The Morgan fingerprint density at radius 1 is 1.00 bits per heavy atom. The van der Waals surface area contributed by atoms with Crippen molar-refractivity contribution < 1.29 is 9.59 Å². The molecule has 1 heterocycles. The van der Waals surface area contributed by atoms with Gasteiger partial charge in [-0.15, -0.1) is 0 Å². The molecule has 0 atom stereocenters. The van der Waals surface area contributed by atoms with Crippen LogP contribution in [0.15, 0.2) is 42.5 Å². The Labute approximate surface area is 163 Å². The van der Waals surface area contributed by atoms with Crippen molar-refractivity contribution in [1.82, 2.24) is 4.90 Å². The summed E-state index contributed by atoms with van der Waals surface area (Å²) in [5.74, 6) is 0.380. The highest BCUT2D eigenvalue weighted by Gasteiger charge is 2.21. The Balaban J connectivity index is 1.68. The molecular weight excluding hydrogens is 371 g/mol. The summed E-state index contributed by atoms with van der Waals surface area (Å²) in [6, 6.07) is 11.7. The molecule has 0 spiro atoms. The zero-order valence-corrected chi connectivity index (χ0v) is 16.0. The first-order valence-electron chi connectivity index (χ1n) is 8.60. The number of halogens is 2. The van der Waals surface area contributed by atoms with E-state index in [0.717, 1.165) is 25.9 Å². The molecule has 1 aliphatic heterocycles. The Morgan fingerprint density at radius 3 is 2.27 bits per heavy atom. The lowest BCUT2D eigenvalue weighted by molar-refractivity contribution is 0.0697. The highest BCUT2D eigenvalue weighted by atomic mass is 35.5. The fraction of sp³-hybridized carbons (Fsp3) is 0.300. The van der Waals surface area contributed by atoms with E-state index in [2.05, 4.69) is 12.2 Å². The van der Waals surface area contributed by atoms with Crippen molar-refractivity contribution >= 4 is 40.7 Å². The van der Waals surface area contributed by atoms with E-state index in [4.69, 9.17) is 23.2 Å². The first-order chi connectivity index (χ1) is 12.5.